The summed E-state index contributed by atoms with van der Waals surface area (Å²) in [5, 5.41) is 11.7. The quantitative estimate of drug-likeness (QED) is 0.802. The third-order valence-electron chi connectivity index (χ3n) is 5.83. The van der Waals surface area contributed by atoms with Crippen molar-refractivity contribution in [3.63, 3.8) is 0 Å². The van der Waals surface area contributed by atoms with Crippen molar-refractivity contribution in [1.29, 1.82) is 0 Å². The topological polar surface area (TPSA) is 72.9 Å². The van der Waals surface area contributed by atoms with Gasteiger partial charge in [0.15, 0.2) is 0 Å². The van der Waals surface area contributed by atoms with Crippen molar-refractivity contribution in [2.45, 2.75) is 44.8 Å². The molecule has 25 heavy (non-hydrogen) atoms. The number of imide groups is 1. The second-order valence-electron chi connectivity index (χ2n) is 7.44. The van der Waals surface area contributed by atoms with Crippen LogP contribution in [0.3, 0.4) is 0 Å². The van der Waals surface area contributed by atoms with Gasteiger partial charge < -0.3 is 10.0 Å². The number of hydrogen-bond acceptors (Lipinski definition) is 5. The van der Waals surface area contributed by atoms with Crippen LogP contribution in [0.5, 0.6) is 0 Å². The summed E-state index contributed by atoms with van der Waals surface area (Å²) >= 11 is 0. The number of carbonyl (C=O) groups excluding carboxylic acids is 2. The van der Waals surface area contributed by atoms with Crippen LogP contribution in [0.25, 0.3) is 0 Å². The van der Waals surface area contributed by atoms with Gasteiger partial charge in [-0.25, -0.2) is 0 Å². The van der Waals surface area contributed by atoms with E-state index in [2.05, 4.69) is 33.3 Å². The lowest BCUT2D eigenvalue weighted by molar-refractivity contribution is -0.137. The number of aliphatic hydroxyl groups excluding tert-OH is 1. The highest BCUT2D eigenvalue weighted by atomic mass is 16.3. The first kappa shape index (κ1) is 16.5. The van der Waals surface area contributed by atoms with E-state index in [0.717, 1.165) is 39.0 Å². The van der Waals surface area contributed by atoms with Crippen molar-refractivity contribution in [3.8, 4) is 0 Å². The monoisotopic (exact) mass is 343 g/mol. The average molecular weight is 343 g/mol. The van der Waals surface area contributed by atoms with E-state index in [1.165, 1.54) is 16.8 Å². The Morgan fingerprint density at radius 1 is 1.08 bits per heavy atom. The summed E-state index contributed by atoms with van der Waals surface area (Å²) in [6.07, 6.45) is 3.11. The number of fused-ring (bicyclic) bond motifs is 1. The van der Waals surface area contributed by atoms with Gasteiger partial charge in [0.05, 0.1) is 6.04 Å². The molecule has 6 heteroatoms. The molecule has 0 aliphatic carbocycles. The maximum absolute atomic E-state index is 12.1. The fraction of sp³-hybridized carbons (Fsp3) is 0.579. The molecule has 4 rings (SSSR count). The van der Waals surface area contributed by atoms with E-state index in [0.29, 0.717) is 25.4 Å². The predicted octanol–water partition coefficient (Wildman–Crippen LogP) is 1.02. The highest BCUT2D eigenvalue weighted by Crippen LogP contribution is 2.31. The lowest BCUT2D eigenvalue weighted by Crippen LogP contribution is -2.50. The Morgan fingerprint density at radius 2 is 1.84 bits per heavy atom. The summed E-state index contributed by atoms with van der Waals surface area (Å²) in [6.45, 7) is 3.80. The standard InChI is InChI=1S/C19H25N3O3/c23-12-13-5-7-21(8-6-13)16-2-1-14-10-22(11-15(14)9-16)17-3-4-18(24)20-19(17)25/h1-2,9,13,17,23H,3-8,10-12H2,(H,20,24,25). The molecule has 134 valence electrons. The number of hydrogen-bond donors (Lipinski definition) is 2. The molecule has 2 saturated heterocycles. The van der Waals surface area contributed by atoms with Crippen molar-refractivity contribution in [2.75, 3.05) is 24.6 Å². The summed E-state index contributed by atoms with van der Waals surface area (Å²) < 4.78 is 0. The van der Waals surface area contributed by atoms with Crippen LogP contribution in [-0.2, 0) is 22.7 Å². The largest absolute Gasteiger partial charge is 0.396 e. The Morgan fingerprint density at radius 3 is 2.56 bits per heavy atom. The molecule has 2 amide bonds. The van der Waals surface area contributed by atoms with E-state index in [9.17, 15) is 14.7 Å². The zero-order valence-corrected chi connectivity index (χ0v) is 14.4. The molecule has 0 saturated carbocycles. The van der Waals surface area contributed by atoms with Gasteiger partial charge in [0.2, 0.25) is 11.8 Å². The molecular weight excluding hydrogens is 318 g/mol. The van der Waals surface area contributed by atoms with Gasteiger partial charge in [0, 0.05) is 44.9 Å². The molecule has 0 spiro atoms. The summed E-state index contributed by atoms with van der Waals surface area (Å²) in [7, 11) is 0. The minimum absolute atomic E-state index is 0.157. The van der Waals surface area contributed by atoms with Crippen LogP contribution in [0.15, 0.2) is 18.2 Å². The second kappa shape index (κ2) is 6.77. The van der Waals surface area contributed by atoms with Crippen LogP contribution in [-0.4, -0.2) is 47.6 Å². The maximum Gasteiger partial charge on any atom is 0.243 e. The van der Waals surface area contributed by atoms with Gasteiger partial charge in [-0.2, -0.15) is 0 Å². The predicted molar refractivity (Wildman–Crippen MR) is 93.9 cm³/mol. The summed E-state index contributed by atoms with van der Waals surface area (Å²) in [5.41, 5.74) is 3.80. The molecule has 2 fully saturated rings. The van der Waals surface area contributed by atoms with Gasteiger partial charge in [0.25, 0.3) is 0 Å². The Balaban J connectivity index is 1.44. The minimum atomic E-state index is -0.200. The van der Waals surface area contributed by atoms with Crippen molar-refractivity contribution in [1.82, 2.24) is 10.2 Å². The number of piperidine rings is 2. The van der Waals surface area contributed by atoms with E-state index in [1.807, 2.05) is 0 Å². The number of anilines is 1. The Labute approximate surface area is 147 Å². The summed E-state index contributed by atoms with van der Waals surface area (Å²) in [5.74, 6) is 0.121. The molecule has 0 aromatic heterocycles. The van der Waals surface area contributed by atoms with Crippen LogP contribution in [0.1, 0.15) is 36.8 Å². The number of amides is 2. The fourth-order valence-electron chi connectivity index (χ4n) is 4.23. The molecule has 1 unspecified atom stereocenters. The summed E-state index contributed by atoms with van der Waals surface area (Å²) in [6, 6.07) is 6.40. The van der Waals surface area contributed by atoms with Gasteiger partial charge in [-0.05, 0) is 48.4 Å². The SMILES string of the molecule is O=C1CCC(N2Cc3ccc(N4CCC(CO)CC4)cc3C2)C(=O)N1. The van der Waals surface area contributed by atoms with Crippen LogP contribution < -0.4 is 10.2 Å². The molecule has 6 nitrogen and oxygen atoms in total. The maximum atomic E-state index is 12.1. The third-order valence-corrected chi connectivity index (χ3v) is 5.83. The van der Waals surface area contributed by atoms with Gasteiger partial charge in [-0.3, -0.25) is 19.8 Å². The van der Waals surface area contributed by atoms with Crippen LogP contribution >= 0.6 is 0 Å². The van der Waals surface area contributed by atoms with E-state index in [1.54, 1.807) is 0 Å². The van der Waals surface area contributed by atoms with Crippen molar-refractivity contribution in [2.24, 2.45) is 5.92 Å². The normalized spacial score (nSPS) is 25.2. The van der Waals surface area contributed by atoms with Gasteiger partial charge in [-0.1, -0.05) is 6.07 Å². The van der Waals surface area contributed by atoms with Gasteiger partial charge >= 0.3 is 0 Å². The number of carbonyl (C=O) groups is 2. The highest BCUT2D eigenvalue weighted by molar-refractivity contribution is 6.00. The molecule has 1 aromatic carbocycles. The molecule has 3 aliphatic heterocycles. The van der Waals surface area contributed by atoms with Crippen molar-refractivity contribution in [3.05, 3.63) is 29.3 Å². The minimum Gasteiger partial charge on any atom is -0.396 e. The smallest absolute Gasteiger partial charge is 0.243 e. The zero-order valence-electron chi connectivity index (χ0n) is 14.4. The van der Waals surface area contributed by atoms with E-state index in [4.69, 9.17) is 0 Å². The molecule has 2 N–H and O–H groups in total. The van der Waals surface area contributed by atoms with Gasteiger partial charge in [0.1, 0.15) is 0 Å². The number of nitrogens with zero attached hydrogens (tertiary/aromatic N) is 2. The van der Waals surface area contributed by atoms with Crippen LogP contribution in [0.2, 0.25) is 0 Å². The molecule has 3 aliphatic rings. The average Bonchev–Trinajstić information content (AvgIpc) is 3.04. The zero-order chi connectivity index (χ0) is 17.4. The lowest BCUT2D eigenvalue weighted by atomic mass is 9.97. The van der Waals surface area contributed by atoms with E-state index in [-0.39, 0.29) is 17.9 Å². The number of benzene rings is 1. The first-order chi connectivity index (χ1) is 12.1. The lowest BCUT2D eigenvalue weighted by Gasteiger charge is -2.33. The molecule has 0 bridgehead atoms. The number of rotatable bonds is 3. The molecule has 0 radical (unpaired) electrons. The fourth-order valence-corrected chi connectivity index (χ4v) is 4.23. The van der Waals surface area contributed by atoms with Gasteiger partial charge in [-0.15, -0.1) is 0 Å². The summed E-state index contributed by atoms with van der Waals surface area (Å²) in [4.78, 5) is 28.0. The Bertz CT molecular complexity index is 682. The first-order valence-electron chi connectivity index (χ1n) is 9.19. The molecular formula is C19H25N3O3. The third kappa shape index (κ3) is 3.28. The molecule has 3 heterocycles. The van der Waals surface area contributed by atoms with Crippen LogP contribution in [0.4, 0.5) is 5.69 Å². The highest BCUT2D eigenvalue weighted by Gasteiger charge is 2.34. The Hall–Kier alpha value is -1.92. The van der Waals surface area contributed by atoms with E-state index >= 15 is 0 Å². The van der Waals surface area contributed by atoms with Crippen LogP contribution in [0, 0.1) is 5.92 Å². The van der Waals surface area contributed by atoms with Crippen molar-refractivity contribution >= 4 is 17.5 Å². The number of aliphatic hydroxyl groups is 1. The van der Waals surface area contributed by atoms with Crippen molar-refractivity contribution < 1.29 is 14.7 Å². The van der Waals surface area contributed by atoms with E-state index < -0.39 is 0 Å². The Kier molecular flexibility index (Phi) is 4.48. The molecule has 1 aromatic rings. The molecule has 1 atom stereocenters. The second-order valence-corrected chi connectivity index (χ2v) is 7.44. The first-order valence-corrected chi connectivity index (χ1v) is 9.19. The number of nitrogens with one attached hydrogen (secondary N) is 1.